The summed E-state index contributed by atoms with van der Waals surface area (Å²) >= 11 is 0. The fourth-order valence-electron chi connectivity index (χ4n) is 5.07. The van der Waals surface area contributed by atoms with Crippen LogP contribution in [0.4, 0.5) is 23.7 Å². The van der Waals surface area contributed by atoms with Crippen molar-refractivity contribution in [1.29, 1.82) is 0 Å². The molecule has 1 heterocycles. The summed E-state index contributed by atoms with van der Waals surface area (Å²) in [5.74, 6) is -3.11. The zero-order valence-corrected chi connectivity index (χ0v) is 24.9. The average molecular weight is 614 g/mol. The molecule has 1 aliphatic heterocycles. The molecule has 3 aromatic rings. The van der Waals surface area contributed by atoms with E-state index in [0.29, 0.717) is 30.7 Å². The molecule has 0 aliphatic carbocycles. The lowest BCUT2D eigenvalue weighted by Crippen LogP contribution is -2.49. The predicted octanol–water partition coefficient (Wildman–Crippen LogP) is 5.05. The molecular weight excluding hydrogens is 575 g/mol. The summed E-state index contributed by atoms with van der Waals surface area (Å²) in [6.07, 6.45) is -0.414. The number of halogens is 3. The number of carbonyl (C=O) groups is 2. The van der Waals surface area contributed by atoms with Gasteiger partial charge in [-0.15, -0.1) is 0 Å². The van der Waals surface area contributed by atoms with Crippen LogP contribution in [0.25, 0.3) is 0 Å². The van der Waals surface area contributed by atoms with Crippen molar-refractivity contribution in [1.82, 2.24) is 10.6 Å². The number of amides is 2. The SMILES string of the molecule is CC(C)(C)OC(=O)NC(C(=O)Nc1cccc(F)c1CC[C@@H]1CN[C@H](CO)CO1)C(c1ccc(F)cc1)c1ccc(F)cc1. The highest BCUT2D eigenvalue weighted by molar-refractivity contribution is 5.98. The van der Waals surface area contributed by atoms with E-state index in [9.17, 15) is 23.5 Å². The van der Waals surface area contributed by atoms with Crippen LogP contribution in [0.3, 0.4) is 0 Å². The van der Waals surface area contributed by atoms with Gasteiger partial charge in [0.1, 0.15) is 29.1 Å². The first-order valence-corrected chi connectivity index (χ1v) is 14.5. The third-order valence-electron chi connectivity index (χ3n) is 7.23. The number of nitrogens with one attached hydrogen (secondary N) is 3. The molecule has 44 heavy (non-hydrogen) atoms. The molecule has 0 saturated carbocycles. The minimum absolute atomic E-state index is 0.0501. The number of alkyl carbamates (subject to hydrolysis) is 1. The van der Waals surface area contributed by atoms with E-state index in [1.807, 2.05) is 0 Å². The molecular formula is C33H38F3N3O5. The van der Waals surface area contributed by atoms with Gasteiger partial charge in [-0.05, 0) is 81.1 Å². The van der Waals surface area contributed by atoms with E-state index in [4.69, 9.17) is 9.47 Å². The lowest BCUT2D eigenvalue weighted by atomic mass is 9.84. The molecule has 2 amide bonds. The first-order valence-electron chi connectivity index (χ1n) is 14.5. The first kappa shape index (κ1) is 33.0. The van der Waals surface area contributed by atoms with E-state index in [1.54, 1.807) is 26.8 Å². The Morgan fingerprint density at radius 2 is 1.61 bits per heavy atom. The summed E-state index contributed by atoms with van der Waals surface area (Å²) in [4.78, 5) is 27.1. The van der Waals surface area contributed by atoms with Crippen molar-refractivity contribution < 1.29 is 37.3 Å². The molecule has 3 aromatic carbocycles. The van der Waals surface area contributed by atoms with Crippen molar-refractivity contribution in [3.8, 4) is 0 Å². The Labute approximate surface area is 255 Å². The fourth-order valence-corrected chi connectivity index (χ4v) is 5.07. The highest BCUT2D eigenvalue weighted by Gasteiger charge is 2.35. The molecule has 8 nitrogen and oxygen atoms in total. The lowest BCUT2D eigenvalue weighted by molar-refractivity contribution is -0.118. The third kappa shape index (κ3) is 9.04. The van der Waals surface area contributed by atoms with Gasteiger partial charge in [0.15, 0.2) is 0 Å². The highest BCUT2D eigenvalue weighted by Crippen LogP contribution is 2.31. The van der Waals surface area contributed by atoms with Gasteiger partial charge in [-0.25, -0.2) is 18.0 Å². The van der Waals surface area contributed by atoms with Crippen molar-refractivity contribution in [3.63, 3.8) is 0 Å². The smallest absolute Gasteiger partial charge is 0.408 e. The van der Waals surface area contributed by atoms with E-state index in [0.717, 1.165) is 0 Å². The first-order chi connectivity index (χ1) is 20.9. The number of morpholine rings is 1. The monoisotopic (exact) mass is 613 g/mol. The molecule has 1 saturated heterocycles. The zero-order valence-electron chi connectivity index (χ0n) is 24.9. The molecule has 0 spiro atoms. The Morgan fingerprint density at radius 3 is 2.14 bits per heavy atom. The molecule has 1 aliphatic rings. The Morgan fingerprint density at radius 1 is 1.00 bits per heavy atom. The van der Waals surface area contributed by atoms with Gasteiger partial charge >= 0.3 is 6.09 Å². The molecule has 1 fully saturated rings. The summed E-state index contributed by atoms with van der Waals surface area (Å²) in [6.45, 7) is 5.79. The number of anilines is 1. The van der Waals surface area contributed by atoms with E-state index in [2.05, 4.69) is 16.0 Å². The van der Waals surface area contributed by atoms with Crippen molar-refractivity contribution in [3.05, 3.63) is 101 Å². The maximum absolute atomic E-state index is 15.1. The van der Waals surface area contributed by atoms with Crippen LogP contribution in [0.2, 0.25) is 0 Å². The third-order valence-corrected chi connectivity index (χ3v) is 7.23. The maximum Gasteiger partial charge on any atom is 0.408 e. The molecule has 4 N–H and O–H groups in total. The summed E-state index contributed by atoms with van der Waals surface area (Å²) < 4.78 is 54.2. The van der Waals surface area contributed by atoms with Crippen LogP contribution in [0.1, 0.15) is 49.8 Å². The Hall–Kier alpha value is -3.93. The van der Waals surface area contributed by atoms with E-state index in [1.165, 1.54) is 60.7 Å². The van der Waals surface area contributed by atoms with Crippen molar-refractivity contribution in [2.45, 2.75) is 63.3 Å². The van der Waals surface area contributed by atoms with Gasteiger partial charge in [0.05, 0.1) is 25.4 Å². The Bertz CT molecular complexity index is 1360. The van der Waals surface area contributed by atoms with Crippen molar-refractivity contribution in [2.75, 3.05) is 25.1 Å². The molecule has 3 atom stereocenters. The summed E-state index contributed by atoms with van der Waals surface area (Å²) in [5, 5.41) is 17.9. The molecule has 0 aromatic heterocycles. The summed E-state index contributed by atoms with van der Waals surface area (Å²) in [6, 6.07) is 13.7. The predicted molar refractivity (Wildman–Crippen MR) is 160 cm³/mol. The lowest BCUT2D eigenvalue weighted by Gasteiger charge is -2.30. The number of benzene rings is 3. The van der Waals surface area contributed by atoms with E-state index >= 15 is 4.39 Å². The van der Waals surface area contributed by atoms with Crippen LogP contribution in [0.5, 0.6) is 0 Å². The highest BCUT2D eigenvalue weighted by atomic mass is 19.1. The standard InChI is InChI=1S/C33H38F3N3O5/c1-33(2,3)44-32(42)39-30(29(20-7-11-22(34)12-8-20)21-9-13-23(35)14-10-21)31(41)38-28-6-4-5-27(36)26(28)16-15-25-17-37-24(18-40)19-43-25/h4-14,24-25,29-30,37,40H,15-19H2,1-3H3,(H,38,41)(H,39,42)/t24-,25-,30?/m1/s1. The van der Waals surface area contributed by atoms with E-state index in [-0.39, 0.29) is 36.4 Å². The van der Waals surface area contributed by atoms with Crippen LogP contribution in [-0.2, 0) is 20.7 Å². The van der Waals surface area contributed by atoms with Crippen LogP contribution < -0.4 is 16.0 Å². The number of ether oxygens (including phenoxy) is 2. The van der Waals surface area contributed by atoms with Crippen LogP contribution >= 0.6 is 0 Å². The largest absolute Gasteiger partial charge is 0.444 e. The minimum Gasteiger partial charge on any atom is -0.444 e. The molecule has 11 heteroatoms. The fraction of sp³-hybridized carbons (Fsp3) is 0.394. The van der Waals surface area contributed by atoms with Gasteiger partial charge in [0, 0.05) is 23.7 Å². The van der Waals surface area contributed by atoms with Gasteiger partial charge in [0.2, 0.25) is 5.91 Å². The number of hydrogen-bond donors (Lipinski definition) is 4. The number of hydrogen-bond acceptors (Lipinski definition) is 6. The Kier molecular flexibility index (Phi) is 11.0. The average Bonchev–Trinajstić information content (AvgIpc) is 2.97. The van der Waals surface area contributed by atoms with Crippen molar-refractivity contribution >= 4 is 17.7 Å². The molecule has 1 unspecified atom stereocenters. The Balaban J connectivity index is 1.66. The van der Waals surface area contributed by atoms with Crippen molar-refractivity contribution in [2.24, 2.45) is 0 Å². The second-order valence-electron chi connectivity index (χ2n) is 11.7. The molecule has 0 radical (unpaired) electrons. The quantitative estimate of drug-likeness (QED) is 0.255. The van der Waals surface area contributed by atoms with Gasteiger partial charge < -0.3 is 30.5 Å². The van der Waals surface area contributed by atoms with Gasteiger partial charge in [0.25, 0.3) is 0 Å². The molecule has 0 bridgehead atoms. The maximum atomic E-state index is 15.1. The van der Waals surface area contributed by atoms with Gasteiger partial charge in [-0.3, -0.25) is 4.79 Å². The second kappa shape index (κ2) is 14.7. The number of carbonyl (C=O) groups excluding carboxylic acids is 2. The minimum atomic E-state index is -1.34. The summed E-state index contributed by atoms with van der Waals surface area (Å²) in [5.41, 5.74) is 0.522. The topological polar surface area (TPSA) is 109 Å². The number of aliphatic hydroxyl groups excluding tert-OH is 1. The van der Waals surface area contributed by atoms with Crippen LogP contribution in [-0.4, -0.2) is 60.7 Å². The number of aliphatic hydroxyl groups is 1. The van der Waals surface area contributed by atoms with Crippen LogP contribution in [0, 0.1) is 17.5 Å². The number of rotatable bonds is 10. The van der Waals surface area contributed by atoms with E-state index < -0.39 is 47.0 Å². The van der Waals surface area contributed by atoms with Gasteiger partial charge in [-0.2, -0.15) is 0 Å². The van der Waals surface area contributed by atoms with Crippen LogP contribution in [0.15, 0.2) is 66.7 Å². The molecule has 236 valence electrons. The summed E-state index contributed by atoms with van der Waals surface area (Å²) in [7, 11) is 0. The second-order valence-corrected chi connectivity index (χ2v) is 11.7. The zero-order chi connectivity index (χ0) is 31.9. The molecule has 4 rings (SSSR count). The van der Waals surface area contributed by atoms with Gasteiger partial charge in [-0.1, -0.05) is 30.3 Å². The normalized spacial score (nSPS) is 17.6.